The van der Waals surface area contributed by atoms with Crippen LogP contribution in [0.1, 0.15) is 20.7 Å². The van der Waals surface area contributed by atoms with Gasteiger partial charge in [0.05, 0.1) is 11.1 Å². The Morgan fingerprint density at radius 2 is 1.85 bits per heavy atom. The highest BCUT2D eigenvalue weighted by atomic mass is 35.5. The summed E-state index contributed by atoms with van der Waals surface area (Å²) in [7, 11) is 0. The van der Waals surface area contributed by atoms with Gasteiger partial charge in [0.2, 0.25) is 0 Å². The van der Waals surface area contributed by atoms with Crippen LogP contribution in [-0.4, -0.2) is 17.0 Å². The smallest absolute Gasteiger partial charge is 0.335 e. The Labute approximate surface area is 118 Å². The normalized spacial score (nSPS) is 10.1. The molecule has 20 heavy (non-hydrogen) atoms. The van der Waals surface area contributed by atoms with Gasteiger partial charge in [0.15, 0.2) is 0 Å². The maximum Gasteiger partial charge on any atom is 0.335 e. The van der Waals surface area contributed by atoms with Crippen LogP contribution in [0, 0.1) is 5.82 Å². The first-order valence-corrected chi connectivity index (χ1v) is 5.95. The molecule has 0 aliphatic rings. The lowest BCUT2D eigenvalue weighted by atomic mass is 10.1. The summed E-state index contributed by atoms with van der Waals surface area (Å²) in [6, 6.07) is 9.36. The van der Waals surface area contributed by atoms with Crippen LogP contribution in [0.25, 0.3) is 0 Å². The van der Waals surface area contributed by atoms with Crippen molar-refractivity contribution in [2.24, 2.45) is 0 Å². The summed E-state index contributed by atoms with van der Waals surface area (Å²) >= 11 is 5.77. The minimum atomic E-state index is -1.17. The number of carboxylic acid groups (broad SMARTS) is 1. The van der Waals surface area contributed by atoms with Gasteiger partial charge in [-0.25, -0.2) is 9.18 Å². The number of rotatable bonds is 3. The molecule has 6 heteroatoms. The van der Waals surface area contributed by atoms with Gasteiger partial charge in [-0.2, -0.15) is 0 Å². The standard InChI is InChI=1S/C14H9ClFNO3/c15-9-5-8(14(19)20)6-10(7-9)17-13(18)11-3-1-2-4-12(11)16/h1-7H,(H,17,18)(H,19,20). The number of carbonyl (C=O) groups is 2. The second-order valence-electron chi connectivity index (χ2n) is 3.97. The summed E-state index contributed by atoms with van der Waals surface area (Å²) in [6.45, 7) is 0. The summed E-state index contributed by atoms with van der Waals surface area (Å²) in [5.41, 5.74) is -0.0196. The number of carboxylic acids is 1. The van der Waals surface area contributed by atoms with Crippen LogP contribution in [0.3, 0.4) is 0 Å². The first kappa shape index (κ1) is 14.0. The van der Waals surface area contributed by atoms with Crippen LogP contribution in [0.5, 0.6) is 0 Å². The summed E-state index contributed by atoms with van der Waals surface area (Å²) in [5.74, 6) is -2.51. The molecule has 102 valence electrons. The molecule has 0 aliphatic carbocycles. The van der Waals surface area contributed by atoms with Crippen LogP contribution in [-0.2, 0) is 0 Å². The molecule has 2 rings (SSSR count). The van der Waals surface area contributed by atoms with E-state index in [1.165, 1.54) is 36.4 Å². The van der Waals surface area contributed by atoms with E-state index in [9.17, 15) is 14.0 Å². The molecule has 0 unspecified atom stereocenters. The van der Waals surface area contributed by atoms with Crippen molar-refractivity contribution >= 4 is 29.2 Å². The molecule has 4 nitrogen and oxygen atoms in total. The summed E-state index contributed by atoms with van der Waals surface area (Å²) < 4.78 is 13.4. The van der Waals surface area contributed by atoms with Gasteiger partial charge in [-0.3, -0.25) is 4.79 Å². The van der Waals surface area contributed by atoms with E-state index >= 15 is 0 Å². The van der Waals surface area contributed by atoms with E-state index in [4.69, 9.17) is 16.7 Å². The SMILES string of the molecule is O=C(O)c1cc(Cl)cc(NC(=O)c2ccccc2F)c1. The van der Waals surface area contributed by atoms with Crippen molar-refractivity contribution in [1.29, 1.82) is 0 Å². The summed E-state index contributed by atoms with van der Waals surface area (Å²) in [4.78, 5) is 22.8. The summed E-state index contributed by atoms with van der Waals surface area (Å²) in [6.07, 6.45) is 0. The minimum Gasteiger partial charge on any atom is -0.478 e. The molecule has 0 heterocycles. The minimum absolute atomic E-state index is 0.0682. The molecule has 0 fully saturated rings. The second kappa shape index (κ2) is 5.71. The Hall–Kier alpha value is -2.40. The number of amides is 1. The fourth-order valence-electron chi connectivity index (χ4n) is 1.63. The van der Waals surface area contributed by atoms with Crippen LogP contribution in [0.15, 0.2) is 42.5 Å². The van der Waals surface area contributed by atoms with Crippen molar-refractivity contribution in [2.75, 3.05) is 5.32 Å². The van der Waals surface area contributed by atoms with Gasteiger partial charge in [-0.1, -0.05) is 23.7 Å². The zero-order valence-corrected chi connectivity index (χ0v) is 10.8. The maximum absolute atomic E-state index is 13.4. The third-order valence-corrected chi connectivity index (χ3v) is 2.74. The molecule has 0 atom stereocenters. The maximum atomic E-state index is 13.4. The second-order valence-corrected chi connectivity index (χ2v) is 4.40. The van der Waals surface area contributed by atoms with Crippen LogP contribution >= 0.6 is 11.6 Å². The van der Waals surface area contributed by atoms with E-state index in [2.05, 4.69) is 5.32 Å². The highest BCUT2D eigenvalue weighted by molar-refractivity contribution is 6.31. The molecule has 1 amide bonds. The zero-order valence-electron chi connectivity index (χ0n) is 10.1. The average molecular weight is 294 g/mol. The van der Waals surface area contributed by atoms with Gasteiger partial charge in [0.25, 0.3) is 5.91 Å². The van der Waals surface area contributed by atoms with Crippen molar-refractivity contribution in [3.05, 3.63) is 64.4 Å². The van der Waals surface area contributed by atoms with Crippen molar-refractivity contribution in [2.45, 2.75) is 0 Å². The molecule has 2 aromatic carbocycles. The first-order valence-electron chi connectivity index (χ1n) is 5.57. The van der Waals surface area contributed by atoms with Gasteiger partial charge < -0.3 is 10.4 Å². The Balaban J connectivity index is 2.28. The number of carbonyl (C=O) groups excluding carboxylic acids is 1. The van der Waals surface area contributed by atoms with Gasteiger partial charge >= 0.3 is 5.97 Å². The fourth-order valence-corrected chi connectivity index (χ4v) is 1.86. The monoisotopic (exact) mass is 293 g/mol. The lowest BCUT2D eigenvalue weighted by Crippen LogP contribution is -2.14. The molecule has 0 spiro atoms. The molecule has 2 N–H and O–H groups in total. The number of nitrogens with one attached hydrogen (secondary N) is 1. The number of halogens is 2. The Bertz CT molecular complexity index is 688. The molecule has 0 saturated heterocycles. The van der Waals surface area contributed by atoms with Crippen LogP contribution in [0.2, 0.25) is 5.02 Å². The van der Waals surface area contributed by atoms with Crippen molar-refractivity contribution in [3.63, 3.8) is 0 Å². The predicted octanol–water partition coefficient (Wildman–Crippen LogP) is 3.43. The Morgan fingerprint density at radius 1 is 1.15 bits per heavy atom. The van der Waals surface area contributed by atoms with Gasteiger partial charge in [0, 0.05) is 10.7 Å². The third-order valence-electron chi connectivity index (χ3n) is 2.52. The van der Waals surface area contributed by atoms with Gasteiger partial charge in [-0.05, 0) is 30.3 Å². The molecule has 0 saturated carbocycles. The van der Waals surface area contributed by atoms with E-state index < -0.39 is 17.7 Å². The summed E-state index contributed by atoms with van der Waals surface area (Å²) in [5, 5.41) is 11.5. The highest BCUT2D eigenvalue weighted by Crippen LogP contribution is 2.20. The number of anilines is 1. The van der Waals surface area contributed by atoms with E-state index in [0.29, 0.717) is 0 Å². The van der Waals surface area contributed by atoms with Crippen molar-refractivity contribution in [3.8, 4) is 0 Å². The van der Waals surface area contributed by atoms with Gasteiger partial charge in [-0.15, -0.1) is 0 Å². The largest absolute Gasteiger partial charge is 0.478 e. The topological polar surface area (TPSA) is 66.4 Å². The number of hydrogen-bond acceptors (Lipinski definition) is 2. The van der Waals surface area contributed by atoms with Crippen LogP contribution in [0.4, 0.5) is 10.1 Å². The van der Waals surface area contributed by atoms with E-state index in [-0.39, 0.29) is 21.8 Å². The Kier molecular flexibility index (Phi) is 4.00. The Morgan fingerprint density at radius 3 is 2.50 bits per heavy atom. The molecule has 2 aromatic rings. The van der Waals surface area contributed by atoms with E-state index in [1.54, 1.807) is 0 Å². The van der Waals surface area contributed by atoms with Crippen molar-refractivity contribution in [1.82, 2.24) is 0 Å². The quantitative estimate of drug-likeness (QED) is 0.911. The fraction of sp³-hybridized carbons (Fsp3) is 0. The lowest BCUT2D eigenvalue weighted by Gasteiger charge is -2.07. The molecule has 0 aliphatic heterocycles. The van der Waals surface area contributed by atoms with E-state index in [0.717, 1.165) is 6.07 Å². The number of hydrogen-bond donors (Lipinski definition) is 2. The number of aromatic carboxylic acids is 1. The highest BCUT2D eigenvalue weighted by Gasteiger charge is 2.13. The third kappa shape index (κ3) is 3.13. The molecular weight excluding hydrogens is 285 g/mol. The van der Waals surface area contributed by atoms with Crippen LogP contribution < -0.4 is 5.32 Å². The zero-order chi connectivity index (χ0) is 14.7. The molecule has 0 bridgehead atoms. The average Bonchev–Trinajstić information content (AvgIpc) is 2.38. The molecule has 0 radical (unpaired) electrons. The number of benzene rings is 2. The van der Waals surface area contributed by atoms with E-state index in [1.807, 2.05) is 0 Å². The predicted molar refractivity (Wildman–Crippen MR) is 72.8 cm³/mol. The van der Waals surface area contributed by atoms with Gasteiger partial charge in [0.1, 0.15) is 5.82 Å². The lowest BCUT2D eigenvalue weighted by molar-refractivity contribution is 0.0696. The molecule has 0 aromatic heterocycles. The first-order chi connectivity index (χ1) is 9.47. The van der Waals surface area contributed by atoms with Crippen molar-refractivity contribution < 1.29 is 19.1 Å². The molecular formula is C14H9ClFNO3.